The Balaban J connectivity index is 2.03. The molecule has 6 heteroatoms. The molecule has 2 aliphatic carbocycles. The standard InChI is InChI=1S/C18H22F3NO2/c1-22(2)10-16-12-4-3-11(7-12)8-14(16)15-9-13(23)5-6-17(15)24-18(19,20)21/h5-6,8-9,11-12,16,23H,3-4,7,10H2,1-2H3. The predicted molar refractivity (Wildman–Crippen MR) is 85.6 cm³/mol. The Hall–Kier alpha value is -1.69. The predicted octanol–water partition coefficient (Wildman–Crippen LogP) is 4.28. The van der Waals surface area contributed by atoms with Crippen molar-refractivity contribution in [2.24, 2.45) is 17.8 Å². The summed E-state index contributed by atoms with van der Waals surface area (Å²) < 4.78 is 42.5. The summed E-state index contributed by atoms with van der Waals surface area (Å²) in [5.74, 6) is 0.734. The van der Waals surface area contributed by atoms with Crippen molar-refractivity contribution in [2.45, 2.75) is 25.6 Å². The molecule has 24 heavy (non-hydrogen) atoms. The van der Waals surface area contributed by atoms with E-state index in [2.05, 4.69) is 15.7 Å². The van der Waals surface area contributed by atoms with E-state index in [1.165, 1.54) is 18.2 Å². The van der Waals surface area contributed by atoms with Gasteiger partial charge < -0.3 is 14.7 Å². The van der Waals surface area contributed by atoms with Crippen molar-refractivity contribution >= 4 is 5.57 Å². The highest BCUT2D eigenvalue weighted by molar-refractivity contribution is 5.74. The van der Waals surface area contributed by atoms with Gasteiger partial charge in [-0.15, -0.1) is 13.2 Å². The monoisotopic (exact) mass is 341 g/mol. The average molecular weight is 341 g/mol. The van der Waals surface area contributed by atoms with E-state index in [4.69, 9.17) is 0 Å². The Morgan fingerprint density at radius 1 is 1.25 bits per heavy atom. The lowest BCUT2D eigenvalue weighted by atomic mass is 9.76. The van der Waals surface area contributed by atoms with Gasteiger partial charge in [-0.2, -0.15) is 0 Å². The normalized spacial score (nSPS) is 26.6. The third-order valence-electron chi connectivity index (χ3n) is 4.96. The van der Waals surface area contributed by atoms with Crippen LogP contribution in [0.25, 0.3) is 5.57 Å². The molecule has 1 aromatic carbocycles. The molecule has 2 aliphatic rings. The van der Waals surface area contributed by atoms with E-state index in [-0.39, 0.29) is 17.4 Å². The van der Waals surface area contributed by atoms with Crippen molar-refractivity contribution in [3.63, 3.8) is 0 Å². The van der Waals surface area contributed by atoms with Gasteiger partial charge in [0.25, 0.3) is 0 Å². The van der Waals surface area contributed by atoms with E-state index in [9.17, 15) is 18.3 Å². The molecule has 0 aromatic heterocycles. The van der Waals surface area contributed by atoms with Crippen molar-refractivity contribution in [3.05, 3.63) is 29.8 Å². The van der Waals surface area contributed by atoms with Crippen LogP contribution in [0, 0.1) is 17.8 Å². The number of nitrogens with zero attached hydrogens (tertiary/aromatic N) is 1. The zero-order valence-corrected chi connectivity index (χ0v) is 13.8. The number of rotatable bonds is 4. The average Bonchev–Trinajstić information content (AvgIpc) is 2.85. The molecule has 0 radical (unpaired) electrons. The van der Waals surface area contributed by atoms with Gasteiger partial charge in [0.1, 0.15) is 11.5 Å². The number of ether oxygens (including phenoxy) is 1. The van der Waals surface area contributed by atoms with Gasteiger partial charge in [0, 0.05) is 12.1 Å². The van der Waals surface area contributed by atoms with Crippen molar-refractivity contribution in [1.82, 2.24) is 4.90 Å². The second-order valence-electron chi connectivity index (χ2n) is 7.05. The maximum atomic E-state index is 12.7. The molecule has 3 unspecified atom stereocenters. The molecule has 0 saturated heterocycles. The third-order valence-corrected chi connectivity index (χ3v) is 4.96. The molecule has 2 bridgehead atoms. The Bertz CT molecular complexity index is 640. The summed E-state index contributed by atoms with van der Waals surface area (Å²) in [6, 6.07) is 3.81. The number of aromatic hydroxyl groups is 1. The van der Waals surface area contributed by atoms with Crippen LogP contribution in [0.5, 0.6) is 11.5 Å². The number of alkyl halides is 3. The van der Waals surface area contributed by atoms with Crippen molar-refractivity contribution in [2.75, 3.05) is 20.6 Å². The molecule has 3 rings (SSSR count). The number of halogens is 3. The number of fused-ring (bicyclic) bond motifs is 2. The Kier molecular flexibility index (Phi) is 4.51. The van der Waals surface area contributed by atoms with Gasteiger partial charge in [-0.05, 0) is 74.9 Å². The van der Waals surface area contributed by atoms with Gasteiger partial charge in [-0.1, -0.05) is 6.08 Å². The highest BCUT2D eigenvalue weighted by Gasteiger charge is 2.39. The number of hydrogen-bond acceptors (Lipinski definition) is 3. The first-order chi connectivity index (χ1) is 11.2. The van der Waals surface area contributed by atoms with Crippen LogP contribution >= 0.6 is 0 Å². The van der Waals surface area contributed by atoms with Crippen LogP contribution in [0.15, 0.2) is 24.3 Å². The maximum absolute atomic E-state index is 12.7. The summed E-state index contributed by atoms with van der Waals surface area (Å²) >= 11 is 0. The highest BCUT2D eigenvalue weighted by Crippen LogP contribution is 2.50. The molecular weight excluding hydrogens is 319 g/mol. The number of allylic oxidation sites excluding steroid dienone is 1. The minimum atomic E-state index is -4.75. The Morgan fingerprint density at radius 2 is 2.00 bits per heavy atom. The zero-order chi connectivity index (χ0) is 17.5. The fraction of sp³-hybridized carbons (Fsp3) is 0.556. The number of phenolic OH excluding ortho intramolecular Hbond substituents is 1. The van der Waals surface area contributed by atoms with Gasteiger partial charge in [0.05, 0.1) is 0 Å². The van der Waals surface area contributed by atoms with Gasteiger partial charge in [0.2, 0.25) is 0 Å². The van der Waals surface area contributed by atoms with Crippen molar-refractivity contribution < 1.29 is 23.0 Å². The molecule has 1 N–H and O–H groups in total. The molecule has 0 spiro atoms. The first-order valence-corrected chi connectivity index (χ1v) is 8.18. The Labute approximate surface area is 139 Å². The first-order valence-electron chi connectivity index (χ1n) is 8.18. The summed E-state index contributed by atoms with van der Waals surface area (Å²) in [5.41, 5.74) is 1.23. The first kappa shape index (κ1) is 17.1. The van der Waals surface area contributed by atoms with Crippen LogP contribution in [0.2, 0.25) is 0 Å². The molecule has 0 aliphatic heterocycles. The number of benzene rings is 1. The smallest absolute Gasteiger partial charge is 0.508 e. The van der Waals surface area contributed by atoms with E-state index in [1.807, 2.05) is 14.1 Å². The molecule has 0 amide bonds. The largest absolute Gasteiger partial charge is 0.573 e. The van der Waals surface area contributed by atoms with E-state index in [0.717, 1.165) is 31.4 Å². The van der Waals surface area contributed by atoms with Gasteiger partial charge >= 0.3 is 6.36 Å². The van der Waals surface area contributed by atoms with Crippen LogP contribution in [0.1, 0.15) is 24.8 Å². The maximum Gasteiger partial charge on any atom is 0.573 e. The number of hydrogen-bond donors (Lipinski definition) is 1. The quantitative estimate of drug-likeness (QED) is 0.887. The van der Waals surface area contributed by atoms with E-state index in [0.29, 0.717) is 17.4 Å². The van der Waals surface area contributed by atoms with Crippen LogP contribution in [-0.4, -0.2) is 37.0 Å². The third kappa shape index (κ3) is 3.69. The zero-order valence-electron chi connectivity index (χ0n) is 13.8. The van der Waals surface area contributed by atoms with Crippen LogP contribution in [0.4, 0.5) is 13.2 Å². The minimum absolute atomic E-state index is 0.0538. The number of phenols is 1. The molecule has 1 aromatic rings. The lowest BCUT2D eigenvalue weighted by Crippen LogP contribution is -2.30. The van der Waals surface area contributed by atoms with Crippen LogP contribution in [0.3, 0.4) is 0 Å². The molecule has 3 nitrogen and oxygen atoms in total. The molecule has 132 valence electrons. The minimum Gasteiger partial charge on any atom is -0.508 e. The lowest BCUT2D eigenvalue weighted by Gasteiger charge is -2.33. The summed E-state index contributed by atoms with van der Waals surface area (Å²) in [6.07, 6.45) is 0.604. The van der Waals surface area contributed by atoms with Crippen molar-refractivity contribution in [3.8, 4) is 11.5 Å². The summed E-state index contributed by atoms with van der Waals surface area (Å²) in [4.78, 5) is 2.06. The summed E-state index contributed by atoms with van der Waals surface area (Å²) in [6.45, 7) is 0.768. The van der Waals surface area contributed by atoms with Gasteiger partial charge in [-0.25, -0.2) is 0 Å². The van der Waals surface area contributed by atoms with E-state index >= 15 is 0 Å². The van der Waals surface area contributed by atoms with Crippen molar-refractivity contribution in [1.29, 1.82) is 0 Å². The topological polar surface area (TPSA) is 32.7 Å². The Morgan fingerprint density at radius 3 is 2.67 bits per heavy atom. The summed E-state index contributed by atoms with van der Waals surface area (Å²) in [5, 5.41) is 9.81. The van der Waals surface area contributed by atoms with E-state index < -0.39 is 6.36 Å². The second-order valence-corrected chi connectivity index (χ2v) is 7.05. The van der Waals surface area contributed by atoms with E-state index in [1.54, 1.807) is 0 Å². The van der Waals surface area contributed by atoms with Gasteiger partial charge in [-0.3, -0.25) is 0 Å². The molecule has 0 heterocycles. The summed E-state index contributed by atoms with van der Waals surface area (Å²) in [7, 11) is 3.93. The fourth-order valence-corrected chi connectivity index (χ4v) is 4.09. The molecular formula is C18H22F3NO2. The van der Waals surface area contributed by atoms with Gasteiger partial charge in [0.15, 0.2) is 0 Å². The molecule has 1 fully saturated rings. The fourth-order valence-electron chi connectivity index (χ4n) is 4.09. The lowest BCUT2D eigenvalue weighted by molar-refractivity contribution is -0.274. The highest BCUT2D eigenvalue weighted by atomic mass is 19.4. The van der Waals surface area contributed by atoms with Crippen LogP contribution < -0.4 is 4.74 Å². The van der Waals surface area contributed by atoms with Crippen LogP contribution in [-0.2, 0) is 0 Å². The second kappa shape index (κ2) is 6.31. The SMILES string of the molecule is CN(C)CC1C(c2cc(O)ccc2OC(F)(F)F)=CC2CCC1C2. The molecule has 3 atom stereocenters. The molecule has 1 saturated carbocycles.